The standard InChI is InChI=1S/C14H26N2O4/c1-10(12(17)18)6-5-7-15-13(19)16-8-11(2)20-14(3,4)9-16/h10-11H,5-9H2,1-4H3,(H,15,19)(H,17,18). The number of carboxylic acids is 1. The summed E-state index contributed by atoms with van der Waals surface area (Å²) in [6.45, 7) is 9.22. The van der Waals surface area contributed by atoms with Crippen LogP contribution in [0.25, 0.3) is 0 Å². The molecular weight excluding hydrogens is 260 g/mol. The molecule has 0 aliphatic carbocycles. The van der Waals surface area contributed by atoms with E-state index in [-0.39, 0.29) is 23.7 Å². The van der Waals surface area contributed by atoms with Crippen LogP contribution in [0.3, 0.4) is 0 Å². The van der Waals surface area contributed by atoms with Gasteiger partial charge in [-0.3, -0.25) is 4.79 Å². The Hall–Kier alpha value is -1.30. The molecular formula is C14H26N2O4. The Labute approximate surface area is 120 Å². The topological polar surface area (TPSA) is 78.9 Å². The van der Waals surface area contributed by atoms with Crippen molar-refractivity contribution in [2.75, 3.05) is 19.6 Å². The van der Waals surface area contributed by atoms with Crippen molar-refractivity contribution in [3.63, 3.8) is 0 Å². The highest BCUT2D eigenvalue weighted by atomic mass is 16.5. The molecule has 0 spiro atoms. The molecule has 1 saturated heterocycles. The van der Waals surface area contributed by atoms with Crippen molar-refractivity contribution in [1.82, 2.24) is 10.2 Å². The summed E-state index contributed by atoms with van der Waals surface area (Å²) in [7, 11) is 0. The fourth-order valence-corrected chi connectivity index (χ4v) is 2.45. The molecule has 0 bridgehead atoms. The van der Waals surface area contributed by atoms with Gasteiger partial charge < -0.3 is 20.1 Å². The second kappa shape index (κ2) is 6.92. The minimum absolute atomic E-state index is 0.0246. The molecule has 0 aromatic carbocycles. The van der Waals surface area contributed by atoms with Crippen molar-refractivity contribution in [2.24, 2.45) is 5.92 Å². The molecule has 2 amide bonds. The van der Waals surface area contributed by atoms with Crippen molar-refractivity contribution in [1.29, 1.82) is 0 Å². The molecule has 1 aliphatic heterocycles. The number of carboxylic acid groups (broad SMARTS) is 1. The summed E-state index contributed by atoms with van der Waals surface area (Å²) in [6.07, 6.45) is 1.26. The van der Waals surface area contributed by atoms with Gasteiger partial charge in [0.15, 0.2) is 0 Å². The van der Waals surface area contributed by atoms with Crippen LogP contribution in [0.4, 0.5) is 4.79 Å². The van der Waals surface area contributed by atoms with Gasteiger partial charge in [0.2, 0.25) is 0 Å². The van der Waals surface area contributed by atoms with Gasteiger partial charge in [-0.15, -0.1) is 0 Å². The number of carbonyl (C=O) groups is 2. The third-order valence-corrected chi connectivity index (χ3v) is 3.37. The molecule has 1 heterocycles. The number of aliphatic carboxylic acids is 1. The van der Waals surface area contributed by atoms with Gasteiger partial charge >= 0.3 is 12.0 Å². The third kappa shape index (κ3) is 5.36. The van der Waals surface area contributed by atoms with E-state index in [1.807, 2.05) is 20.8 Å². The summed E-state index contributed by atoms with van der Waals surface area (Å²) in [6, 6.07) is -0.101. The average Bonchev–Trinajstić information content (AvgIpc) is 2.31. The van der Waals surface area contributed by atoms with Crippen molar-refractivity contribution >= 4 is 12.0 Å². The fourth-order valence-electron chi connectivity index (χ4n) is 2.45. The van der Waals surface area contributed by atoms with Gasteiger partial charge in [0.05, 0.1) is 24.2 Å². The number of nitrogens with zero attached hydrogens (tertiary/aromatic N) is 1. The molecule has 6 nitrogen and oxygen atoms in total. The van der Waals surface area contributed by atoms with Gasteiger partial charge in [-0.1, -0.05) is 6.92 Å². The SMILES string of the molecule is CC1CN(C(=O)NCCCC(C)C(=O)O)CC(C)(C)O1. The van der Waals surface area contributed by atoms with Crippen molar-refractivity contribution in [3.8, 4) is 0 Å². The molecule has 0 saturated carbocycles. The monoisotopic (exact) mass is 286 g/mol. The summed E-state index contributed by atoms with van der Waals surface area (Å²) in [5, 5.41) is 11.6. The summed E-state index contributed by atoms with van der Waals surface area (Å²) < 4.78 is 5.75. The Kier molecular flexibility index (Phi) is 5.80. The Bertz CT molecular complexity index is 357. The fraction of sp³-hybridized carbons (Fsp3) is 0.857. The molecule has 116 valence electrons. The zero-order chi connectivity index (χ0) is 15.3. The van der Waals surface area contributed by atoms with E-state index in [1.165, 1.54) is 0 Å². The highest BCUT2D eigenvalue weighted by Crippen LogP contribution is 2.20. The highest BCUT2D eigenvalue weighted by Gasteiger charge is 2.33. The number of morpholine rings is 1. The van der Waals surface area contributed by atoms with E-state index in [0.29, 0.717) is 32.5 Å². The summed E-state index contributed by atoms with van der Waals surface area (Å²) in [5.74, 6) is -1.16. The van der Waals surface area contributed by atoms with Gasteiger partial charge in [0, 0.05) is 13.1 Å². The van der Waals surface area contributed by atoms with Crippen LogP contribution >= 0.6 is 0 Å². The lowest BCUT2D eigenvalue weighted by atomic mass is 10.1. The van der Waals surface area contributed by atoms with Crippen LogP contribution < -0.4 is 5.32 Å². The number of ether oxygens (including phenoxy) is 1. The number of nitrogens with one attached hydrogen (secondary N) is 1. The minimum Gasteiger partial charge on any atom is -0.481 e. The molecule has 2 atom stereocenters. The second-order valence-electron chi connectivity index (χ2n) is 6.18. The quantitative estimate of drug-likeness (QED) is 0.754. The van der Waals surface area contributed by atoms with Crippen molar-refractivity contribution in [2.45, 2.75) is 52.2 Å². The largest absolute Gasteiger partial charge is 0.481 e. The highest BCUT2D eigenvalue weighted by molar-refractivity contribution is 5.74. The Morgan fingerprint density at radius 3 is 2.70 bits per heavy atom. The Balaban J connectivity index is 2.30. The Morgan fingerprint density at radius 1 is 1.50 bits per heavy atom. The second-order valence-corrected chi connectivity index (χ2v) is 6.18. The van der Waals surface area contributed by atoms with Gasteiger partial charge in [0.1, 0.15) is 0 Å². The maximum Gasteiger partial charge on any atom is 0.317 e. The number of carbonyl (C=O) groups excluding carboxylic acids is 1. The molecule has 2 unspecified atom stereocenters. The number of hydrogen-bond acceptors (Lipinski definition) is 3. The predicted octanol–water partition coefficient (Wildman–Crippen LogP) is 1.70. The van der Waals surface area contributed by atoms with Gasteiger partial charge in [-0.2, -0.15) is 0 Å². The van der Waals surface area contributed by atoms with Crippen LogP contribution in [0.5, 0.6) is 0 Å². The number of hydrogen-bond donors (Lipinski definition) is 2. The summed E-state index contributed by atoms with van der Waals surface area (Å²) in [5.41, 5.74) is -0.327. The van der Waals surface area contributed by atoms with Gasteiger partial charge in [0.25, 0.3) is 0 Å². The average molecular weight is 286 g/mol. The maximum atomic E-state index is 12.1. The van der Waals surface area contributed by atoms with Gasteiger partial charge in [-0.05, 0) is 33.6 Å². The minimum atomic E-state index is -0.792. The lowest BCUT2D eigenvalue weighted by Crippen LogP contribution is -2.56. The van der Waals surface area contributed by atoms with Crippen molar-refractivity contribution < 1.29 is 19.4 Å². The van der Waals surface area contributed by atoms with Crippen LogP contribution in [0, 0.1) is 5.92 Å². The molecule has 20 heavy (non-hydrogen) atoms. The molecule has 0 radical (unpaired) electrons. The lowest BCUT2D eigenvalue weighted by Gasteiger charge is -2.41. The predicted molar refractivity (Wildman–Crippen MR) is 75.6 cm³/mol. The molecule has 6 heteroatoms. The van der Waals surface area contributed by atoms with Crippen LogP contribution in [0.2, 0.25) is 0 Å². The molecule has 1 fully saturated rings. The number of amides is 2. The molecule has 1 rings (SSSR count). The first kappa shape index (κ1) is 16.8. The molecule has 0 aromatic heterocycles. The summed E-state index contributed by atoms with van der Waals surface area (Å²) in [4.78, 5) is 24.5. The molecule has 2 N–H and O–H groups in total. The first-order chi connectivity index (χ1) is 9.21. The van der Waals surface area contributed by atoms with E-state index >= 15 is 0 Å². The van der Waals surface area contributed by atoms with Crippen LogP contribution in [-0.2, 0) is 9.53 Å². The van der Waals surface area contributed by atoms with Crippen molar-refractivity contribution in [3.05, 3.63) is 0 Å². The molecule has 0 aromatic rings. The van der Waals surface area contributed by atoms with E-state index in [2.05, 4.69) is 5.32 Å². The van der Waals surface area contributed by atoms with E-state index in [4.69, 9.17) is 9.84 Å². The smallest absolute Gasteiger partial charge is 0.317 e. The van der Waals surface area contributed by atoms with E-state index < -0.39 is 5.97 Å². The van der Waals surface area contributed by atoms with E-state index in [0.717, 1.165) is 0 Å². The lowest BCUT2D eigenvalue weighted by molar-refractivity contribution is -0.141. The molecule has 1 aliphatic rings. The zero-order valence-corrected chi connectivity index (χ0v) is 12.8. The van der Waals surface area contributed by atoms with E-state index in [9.17, 15) is 9.59 Å². The third-order valence-electron chi connectivity index (χ3n) is 3.37. The first-order valence-electron chi connectivity index (χ1n) is 7.14. The summed E-state index contributed by atoms with van der Waals surface area (Å²) >= 11 is 0. The maximum absolute atomic E-state index is 12.1. The van der Waals surface area contributed by atoms with Crippen LogP contribution in [-0.4, -0.2) is 53.3 Å². The zero-order valence-electron chi connectivity index (χ0n) is 12.8. The van der Waals surface area contributed by atoms with Crippen LogP contribution in [0.1, 0.15) is 40.5 Å². The normalized spacial score (nSPS) is 23.2. The van der Waals surface area contributed by atoms with Gasteiger partial charge in [-0.25, -0.2) is 4.79 Å². The Morgan fingerprint density at radius 2 is 2.15 bits per heavy atom. The number of rotatable bonds is 5. The van der Waals surface area contributed by atoms with Crippen LogP contribution in [0.15, 0.2) is 0 Å². The van der Waals surface area contributed by atoms with E-state index in [1.54, 1.807) is 11.8 Å². The number of urea groups is 1. The first-order valence-corrected chi connectivity index (χ1v) is 7.14.